The standard InChI is InChI=1S/C49H36N16/c1-2-51-21-26-16-29(23-52-22-26)27-9-10-36-33(18-27)42(64-62-36)48-58-40-12-15-56-45(47(40)61-48)38-8-5-7-35(57-38)32-19-28(30-17-31(50)25-53-24-30)20-34-41(32)63-65-43(34)49-59-39-11-14-55-44(46(39)60-49)37-6-3-4-13-54-37/h3-20,22-25,51H,2,21,50H2,1H3,(H,58,61)(H,59,60)(H,62,64)(H,63,65). The van der Waals surface area contributed by atoms with Crippen molar-refractivity contribution in [3.63, 3.8) is 0 Å². The van der Waals surface area contributed by atoms with Crippen LogP contribution in [0.3, 0.4) is 0 Å². The van der Waals surface area contributed by atoms with Crippen molar-refractivity contribution in [2.24, 2.45) is 0 Å². The number of nitrogens with two attached hydrogens (primary N) is 1. The van der Waals surface area contributed by atoms with Crippen molar-refractivity contribution in [2.75, 3.05) is 12.3 Å². The van der Waals surface area contributed by atoms with Gasteiger partial charge in [-0.15, -0.1) is 0 Å². The van der Waals surface area contributed by atoms with Crippen molar-refractivity contribution in [3.05, 3.63) is 140 Å². The molecule has 0 fully saturated rings. The van der Waals surface area contributed by atoms with Gasteiger partial charge in [0.2, 0.25) is 0 Å². The van der Waals surface area contributed by atoms with Crippen molar-refractivity contribution in [3.8, 4) is 79.3 Å². The molecule has 0 radical (unpaired) electrons. The molecule has 0 aliphatic heterocycles. The van der Waals surface area contributed by atoms with Gasteiger partial charge in [0, 0.05) is 77.4 Å². The molecule has 0 spiro atoms. The van der Waals surface area contributed by atoms with Crippen LogP contribution in [0.2, 0.25) is 0 Å². The Morgan fingerprint density at radius 1 is 0.538 bits per heavy atom. The molecular formula is C49H36N16. The van der Waals surface area contributed by atoms with Gasteiger partial charge in [-0.05, 0) is 96.0 Å². The minimum absolute atomic E-state index is 0.548. The Morgan fingerprint density at radius 2 is 1.25 bits per heavy atom. The first-order valence-corrected chi connectivity index (χ1v) is 21.0. The molecule has 2 aromatic carbocycles. The summed E-state index contributed by atoms with van der Waals surface area (Å²) >= 11 is 0. The van der Waals surface area contributed by atoms with Gasteiger partial charge < -0.3 is 21.0 Å². The second-order valence-electron chi connectivity index (χ2n) is 15.6. The van der Waals surface area contributed by atoms with E-state index in [4.69, 9.17) is 35.9 Å². The molecule has 10 heterocycles. The second-order valence-corrected chi connectivity index (χ2v) is 15.6. The molecule has 0 aliphatic rings. The third-order valence-corrected chi connectivity index (χ3v) is 11.5. The van der Waals surface area contributed by atoms with Gasteiger partial charge in [0.15, 0.2) is 11.6 Å². The lowest BCUT2D eigenvalue weighted by molar-refractivity contribution is 0.724. The molecule has 16 heteroatoms. The van der Waals surface area contributed by atoms with Gasteiger partial charge in [-0.25, -0.2) is 15.0 Å². The number of imidazole rings is 2. The molecule has 0 aliphatic carbocycles. The Bertz CT molecular complexity index is 3750. The van der Waals surface area contributed by atoms with E-state index in [1.165, 1.54) is 0 Å². The summed E-state index contributed by atoms with van der Waals surface area (Å²) in [6.45, 7) is 3.73. The molecule has 0 atom stereocenters. The molecule has 12 rings (SSSR count). The quantitative estimate of drug-likeness (QED) is 0.0758. The fourth-order valence-corrected chi connectivity index (χ4v) is 8.36. The van der Waals surface area contributed by atoms with Crippen LogP contribution in [0.5, 0.6) is 0 Å². The third-order valence-electron chi connectivity index (χ3n) is 11.5. The third kappa shape index (κ3) is 6.68. The SMILES string of the molecule is CCNCc1cncc(-c2ccc3[nH]nc(-c4nc5c(-c6cccc(-c7cc(-c8cncc(N)c8)cc8c(-c9nc%10c(-c%11ccccn%11)nccc%10[nH]9)n[nH]c78)n6)nccc5[nH]4)c3c2)c1. The summed E-state index contributed by atoms with van der Waals surface area (Å²) < 4.78 is 0. The topological polar surface area (TPSA) is 230 Å². The molecule has 0 saturated heterocycles. The molecular weight excluding hydrogens is 813 g/mol. The lowest BCUT2D eigenvalue weighted by Gasteiger charge is -2.10. The van der Waals surface area contributed by atoms with Crippen molar-refractivity contribution in [1.29, 1.82) is 0 Å². The summed E-state index contributed by atoms with van der Waals surface area (Å²) in [4.78, 5) is 45.3. The molecule has 0 saturated carbocycles. The maximum atomic E-state index is 6.26. The molecule has 65 heavy (non-hydrogen) atoms. The van der Waals surface area contributed by atoms with E-state index >= 15 is 0 Å². The zero-order valence-corrected chi connectivity index (χ0v) is 34.7. The number of nitrogens with one attached hydrogen (secondary N) is 5. The Kier molecular flexibility index (Phi) is 8.94. The first kappa shape index (κ1) is 37.7. The van der Waals surface area contributed by atoms with Crippen LogP contribution in [0.1, 0.15) is 12.5 Å². The molecule has 0 amide bonds. The number of nitrogens with zero attached hydrogens (tertiary/aromatic N) is 10. The van der Waals surface area contributed by atoms with Crippen molar-refractivity contribution in [1.82, 2.24) is 75.6 Å². The molecule has 16 nitrogen and oxygen atoms in total. The molecule has 12 aromatic rings. The Hall–Kier alpha value is -9.02. The highest BCUT2D eigenvalue weighted by molar-refractivity contribution is 6.04. The maximum absolute atomic E-state index is 6.26. The highest BCUT2D eigenvalue weighted by Crippen LogP contribution is 2.39. The fraction of sp³-hybridized carbons (Fsp3) is 0.0612. The molecule has 312 valence electrons. The lowest BCUT2D eigenvalue weighted by atomic mass is 9.98. The Balaban J connectivity index is 0.953. The minimum Gasteiger partial charge on any atom is -0.397 e. The number of benzene rings is 2. The summed E-state index contributed by atoms with van der Waals surface area (Å²) in [5.74, 6) is 1.18. The largest absolute Gasteiger partial charge is 0.397 e. The van der Waals surface area contributed by atoms with Crippen LogP contribution >= 0.6 is 0 Å². The number of pyridine rings is 6. The number of rotatable bonds is 10. The van der Waals surface area contributed by atoms with Crippen molar-refractivity contribution < 1.29 is 0 Å². The van der Waals surface area contributed by atoms with E-state index in [-0.39, 0.29) is 0 Å². The van der Waals surface area contributed by atoms with Gasteiger partial charge in [0.05, 0.1) is 44.8 Å². The number of anilines is 1. The predicted molar refractivity (Wildman–Crippen MR) is 252 cm³/mol. The van der Waals surface area contributed by atoms with Gasteiger partial charge in [-0.2, -0.15) is 10.2 Å². The van der Waals surface area contributed by atoms with Crippen LogP contribution in [0.4, 0.5) is 5.69 Å². The zero-order chi connectivity index (χ0) is 43.4. The number of nitrogen functional groups attached to an aromatic ring is 1. The van der Waals surface area contributed by atoms with E-state index in [9.17, 15) is 0 Å². The summed E-state index contributed by atoms with van der Waals surface area (Å²) in [5, 5.41) is 21.2. The highest BCUT2D eigenvalue weighted by atomic mass is 15.1. The summed E-state index contributed by atoms with van der Waals surface area (Å²) in [6, 6.07) is 29.9. The molecule has 7 N–H and O–H groups in total. The van der Waals surface area contributed by atoms with Crippen LogP contribution in [0, 0.1) is 0 Å². The number of aromatic nitrogens is 14. The van der Waals surface area contributed by atoms with Crippen LogP contribution in [0.25, 0.3) is 123 Å². The van der Waals surface area contributed by atoms with Crippen LogP contribution < -0.4 is 11.1 Å². The summed E-state index contributed by atoms with van der Waals surface area (Å²) in [5.41, 5.74) is 21.8. The number of hydrogen-bond acceptors (Lipinski definition) is 12. The van der Waals surface area contributed by atoms with Gasteiger partial charge in [0.25, 0.3) is 0 Å². The average molecular weight is 849 g/mol. The van der Waals surface area contributed by atoms with E-state index < -0.39 is 0 Å². The summed E-state index contributed by atoms with van der Waals surface area (Å²) in [6.07, 6.45) is 12.5. The van der Waals surface area contributed by atoms with Crippen LogP contribution in [-0.4, -0.2) is 76.8 Å². The normalized spacial score (nSPS) is 11.7. The van der Waals surface area contributed by atoms with Crippen LogP contribution in [-0.2, 0) is 6.54 Å². The first-order valence-electron chi connectivity index (χ1n) is 21.0. The van der Waals surface area contributed by atoms with Crippen molar-refractivity contribution in [2.45, 2.75) is 13.5 Å². The molecule has 10 aromatic heterocycles. The zero-order valence-electron chi connectivity index (χ0n) is 34.7. The van der Waals surface area contributed by atoms with E-state index in [0.717, 1.165) is 85.0 Å². The number of H-pyrrole nitrogens is 4. The van der Waals surface area contributed by atoms with Gasteiger partial charge in [-0.3, -0.25) is 35.1 Å². The first-order chi connectivity index (χ1) is 32.0. The molecule has 0 unspecified atom stereocenters. The fourth-order valence-electron chi connectivity index (χ4n) is 8.36. The van der Waals surface area contributed by atoms with E-state index in [2.05, 4.69) is 82.7 Å². The van der Waals surface area contributed by atoms with Crippen LogP contribution in [0.15, 0.2) is 134 Å². The number of hydrogen-bond donors (Lipinski definition) is 6. The van der Waals surface area contributed by atoms with E-state index in [1.54, 1.807) is 31.0 Å². The van der Waals surface area contributed by atoms with Crippen molar-refractivity contribution >= 4 is 49.6 Å². The monoisotopic (exact) mass is 848 g/mol. The Labute approximate surface area is 369 Å². The molecule has 0 bridgehead atoms. The smallest absolute Gasteiger partial charge is 0.159 e. The second kappa shape index (κ2) is 15.4. The predicted octanol–water partition coefficient (Wildman–Crippen LogP) is 8.92. The maximum Gasteiger partial charge on any atom is 0.159 e. The summed E-state index contributed by atoms with van der Waals surface area (Å²) in [7, 11) is 0. The Morgan fingerprint density at radius 3 is 2.02 bits per heavy atom. The van der Waals surface area contributed by atoms with Gasteiger partial charge in [0.1, 0.15) is 33.8 Å². The average Bonchev–Trinajstić information content (AvgIpc) is 4.18. The number of aromatic amines is 4. The number of fused-ring (bicyclic) bond motifs is 4. The highest BCUT2D eigenvalue weighted by Gasteiger charge is 2.22. The van der Waals surface area contributed by atoms with E-state index in [0.29, 0.717) is 62.5 Å². The minimum atomic E-state index is 0.548. The van der Waals surface area contributed by atoms with E-state index in [1.807, 2.05) is 73.1 Å². The lowest BCUT2D eigenvalue weighted by Crippen LogP contribution is -2.11. The van der Waals surface area contributed by atoms with Gasteiger partial charge >= 0.3 is 0 Å². The van der Waals surface area contributed by atoms with Gasteiger partial charge in [-0.1, -0.05) is 25.1 Å².